The molecule has 35 heavy (non-hydrogen) atoms. The van der Waals surface area contributed by atoms with Crippen LogP contribution in [0.15, 0.2) is 66.7 Å². The lowest BCUT2D eigenvalue weighted by Gasteiger charge is -2.32. The molecule has 1 aliphatic heterocycles. The fraction of sp³-hybridized carbons (Fsp3) is 0.222. The van der Waals surface area contributed by atoms with Crippen LogP contribution in [0.1, 0.15) is 33.2 Å². The van der Waals surface area contributed by atoms with Crippen molar-refractivity contribution in [3.05, 3.63) is 83.4 Å². The average molecular weight is 473 g/mol. The number of nitrogens with one attached hydrogen (secondary N) is 2. The molecule has 0 spiro atoms. The summed E-state index contributed by atoms with van der Waals surface area (Å²) in [4.78, 5) is 39.4. The van der Waals surface area contributed by atoms with Gasteiger partial charge in [-0.1, -0.05) is 36.4 Å². The molecule has 0 atom stereocenters. The average Bonchev–Trinajstić information content (AvgIpc) is 2.84. The molecule has 180 valence electrons. The molecule has 2 amide bonds. The molecule has 0 bridgehead atoms. The SMILES string of the molecule is CC(=CC(=O)Nc1cc(C(=O)NN2CCN(C)CC2)ccc1C(=O)O)c1ccc2ccccc2c1. The molecular formula is C27H28N4O4. The van der Waals surface area contributed by atoms with E-state index in [-0.39, 0.29) is 22.7 Å². The van der Waals surface area contributed by atoms with E-state index in [1.807, 2.05) is 61.4 Å². The molecule has 3 N–H and O–H groups in total. The second-order valence-electron chi connectivity index (χ2n) is 8.68. The van der Waals surface area contributed by atoms with E-state index in [0.717, 1.165) is 35.0 Å². The number of amides is 2. The Morgan fingerprint density at radius 1 is 0.886 bits per heavy atom. The molecule has 1 fully saturated rings. The van der Waals surface area contributed by atoms with Gasteiger partial charge in [-0.15, -0.1) is 0 Å². The first-order chi connectivity index (χ1) is 16.8. The van der Waals surface area contributed by atoms with Gasteiger partial charge in [0.25, 0.3) is 5.91 Å². The van der Waals surface area contributed by atoms with E-state index < -0.39 is 11.9 Å². The smallest absolute Gasteiger partial charge is 0.337 e. The third-order valence-corrected chi connectivity index (χ3v) is 6.09. The number of likely N-dealkylation sites (N-methyl/N-ethyl adjacent to an activating group) is 1. The van der Waals surface area contributed by atoms with Crippen molar-refractivity contribution in [3.63, 3.8) is 0 Å². The van der Waals surface area contributed by atoms with Crippen LogP contribution in [0.4, 0.5) is 5.69 Å². The zero-order valence-electron chi connectivity index (χ0n) is 19.7. The summed E-state index contributed by atoms with van der Waals surface area (Å²) in [5.74, 6) is -2.03. The van der Waals surface area contributed by atoms with Crippen molar-refractivity contribution in [2.24, 2.45) is 0 Å². The number of benzene rings is 3. The molecule has 0 radical (unpaired) electrons. The zero-order chi connectivity index (χ0) is 24.9. The summed E-state index contributed by atoms with van der Waals surface area (Å²) in [6.45, 7) is 4.88. The van der Waals surface area contributed by atoms with Crippen LogP contribution in [0, 0.1) is 0 Å². The van der Waals surface area contributed by atoms with Gasteiger partial charge in [-0.3, -0.25) is 15.0 Å². The lowest BCUT2D eigenvalue weighted by molar-refractivity contribution is -0.111. The zero-order valence-corrected chi connectivity index (χ0v) is 19.7. The second-order valence-corrected chi connectivity index (χ2v) is 8.68. The molecule has 1 heterocycles. The van der Waals surface area contributed by atoms with E-state index in [4.69, 9.17) is 0 Å². The summed E-state index contributed by atoms with van der Waals surface area (Å²) in [5, 5.41) is 16.2. The summed E-state index contributed by atoms with van der Waals surface area (Å²) in [6.07, 6.45) is 1.42. The fourth-order valence-electron chi connectivity index (χ4n) is 3.99. The Hall–Kier alpha value is -4.01. The highest BCUT2D eigenvalue weighted by Gasteiger charge is 2.19. The first-order valence-corrected chi connectivity index (χ1v) is 11.4. The van der Waals surface area contributed by atoms with Crippen LogP contribution < -0.4 is 10.7 Å². The Balaban J connectivity index is 1.51. The Morgan fingerprint density at radius 2 is 1.57 bits per heavy atom. The van der Waals surface area contributed by atoms with Crippen LogP contribution in [0.2, 0.25) is 0 Å². The van der Waals surface area contributed by atoms with Crippen LogP contribution in [0.3, 0.4) is 0 Å². The maximum Gasteiger partial charge on any atom is 0.337 e. The van der Waals surface area contributed by atoms with Gasteiger partial charge in [0.15, 0.2) is 0 Å². The monoisotopic (exact) mass is 472 g/mol. The number of anilines is 1. The number of hydrogen-bond donors (Lipinski definition) is 3. The number of carboxylic acid groups (broad SMARTS) is 1. The number of piperazine rings is 1. The van der Waals surface area contributed by atoms with E-state index >= 15 is 0 Å². The maximum atomic E-state index is 12.8. The standard InChI is InChI=1S/C27H28N4O4/c1-18(20-8-7-19-5-3-4-6-21(19)16-20)15-25(32)28-24-17-22(9-10-23(24)27(34)35)26(33)29-31-13-11-30(2)12-14-31/h3-10,15-17H,11-14H2,1-2H3,(H,28,32)(H,29,33)(H,34,35). The molecule has 0 aliphatic carbocycles. The van der Waals surface area contributed by atoms with Crippen molar-refractivity contribution in [1.29, 1.82) is 0 Å². The second kappa shape index (κ2) is 10.5. The number of carboxylic acids is 1. The number of carbonyl (C=O) groups excluding carboxylic acids is 2. The summed E-state index contributed by atoms with van der Waals surface area (Å²) < 4.78 is 0. The molecule has 3 aromatic carbocycles. The minimum atomic E-state index is -1.19. The number of rotatable bonds is 6. The number of hydrogen-bond acceptors (Lipinski definition) is 5. The molecule has 1 aliphatic rings. The highest BCUT2D eigenvalue weighted by molar-refractivity contribution is 6.08. The lowest BCUT2D eigenvalue weighted by atomic mass is 10.0. The molecule has 0 aromatic heterocycles. The largest absolute Gasteiger partial charge is 0.478 e. The van der Waals surface area contributed by atoms with E-state index in [2.05, 4.69) is 15.6 Å². The molecule has 8 heteroatoms. The van der Waals surface area contributed by atoms with Crippen molar-refractivity contribution in [1.82, 2.24) is 15.3 Å². The summed E-state index contributed by atoms with van der Waals surface area (Å²) >= 11 is 0. The Kier molecular flexibility index (Phi) is 7.24. The number of nitrogens with zero attached hydrogens (tertiary/aromatic N) is 2. The van der Waals surface area contributed by atoms with Crippen molar-refractivity contribution in [2.45, 2.75) is 6.92 Å². The van der Waals surface area contributed by atoms with Crippen LogP contribution in [-0.4, -0.2) is 66.0 Å². The fourth-order valence-corrected chi connectivity index (χ4v) is 3.99. The highest BCUT2D eigenvalue weighted by atomic mass is 16.4. The minimum absolute atomic E-state index is 0.0658. The van der Waals surface area contributed by atoms with Gasteiger partial charge in [0, 0.05) is 37.8 Å². The van der Waals surface area contributed by atoms with Gasteiger partial charge in [-0.25, -0.2) is 9.80 Å². The van der Waals surface area contributed by atoms with Crippen molar-refractivity contribution >= 4 is 39.8 Å². The molecule has 8 nitrogen and oxygen atoms in total. The quantitative estimate of drug-likeness (QED) is 0.475. The third kappa shape index (κ3) is 5.92. The minimum Gasteiger partial charge on any atom is -0.478 e. The summed E-state index contributed by atoms with van der Waals surface area (Å²) in [6, 6.07) is 18.0. The van der Waals surface area contributed by atoms with E-state index in [0.29, 0.717) is 13.1 Å². The van der Waals surface area contributed by atoms with Crippen molar-refractivity contribution in [2.75, 3.05) is 38.5 Å². The highest BCUT2D eigenvalue weighted by Crippen LogP contribution is 2.22. The van der Waals surface area contributed by atoms with Gasteiger partial charge < -0.3 is 15.3 Å². The van der Waals surface area contributed by atoms with Gasteiger partial charge in [-0.2, -0.15) is 0 Å². The summed E-state index contributed by atoms with van der Waals surface area (Å²) in [5.41, 5.74) is 4.70. The van der Waals surface area contributed by atoms with Gasteiger partial charge in [0.2, 0.25) is 5.91 Å². The normalized spacial score (nSPS) is 15.1. The van der Waals surface area contributed by atoms with Gasteiger partial charge in [-0.05, 0) is 60.1 Å². The number of fused-ring (bicyclic) bond motifs is 1. The van der Waals surface area contributed by atoms with Gasteiger partial charge >= 0.3 is 5.97 Å². The number of hydrazine groups is 1. The van der Waals surface area contributed by atoms with E-state index in [1.165, 1.54) is 24.3 Å². The molecule has 0 unspecified atom stereocenters. The molecule has 0 saturated carbocycles. The van der Waals surface area contributed by atoms with E-state index in [1.54, 1.807) is 0 Å². The summed E-state index contributed by atoms with van der Waals surface area (Å²) in [7, 11) is 2.02. The third-order valence-electron chi connectivity index (χ3n) is 6.09. The Labute approximate surface area is 203 Å². The molecule has 3 aromatic rings. The Bertz CT molecular complexity index is 1310. The van der Waals surface area contributed by atoms with Crippen LogP contribution >= 0.6 is 0 Å². The van der Waals surface area contributed by atoms with Crippen LogP contribution in [-0.2, 0) is 4.79 Å². The van der Waals surface area contributed by atoms with Crippen molar-refractivity contribution in [3.8, 4) is 0 Å². The topological polar surface area (TPSA) is 102 Å². The lowest BCUT2D eigenvalue weighted by Crippen LogP contribution is -2.52. The van der Waals surface area contributed by atoms with Gasteiger partial charge in [0.05, 0.1) is 11.3 Å². The molecular weight excluding hydrogens is 444 g/mol. The Morgan fingerprint density at radius 3 is 2.29 bits per heavy atom. The maximum absolute atomic E-state index is 12.8. The first-order valence-electron chi connectivity index (χ1n) is 11.4. The first kappa shape index (κ1) is 24.1. The van der Waals surface area contributed by atoms with Crippen LogP contribution in [0.5, 0.6) is 0 Å². The predicted molar refractivity (Wildman–Crippen MR) is 136 cm³/mol. The predicted octanol–water partition coefficient (Wildman–Crippen LogP) is 3.47. The van der Waals surface area contributed by atoms with Crippen molar-refractivity contribution < 1.29 is 19.5 Å². The number of allylic oxidation sites excluding steroid dienone is 1. The van der Waals surface area contributed by atoms with Crippen LogP contribution in [0.25, 0.3) is 16.3 Å². The van der Waals surface area contributed by atoms with E-state index in [9.17, 15) is 19.5 Å². The number of aromatic carboxylic acids is 1. The molecule has 1 saturated heterocycles. The van der Waals surface area contributed by atoms with Gasteiger partial charge in [0.1, 0.15) is 0 Å². The molecule has 4 rings (SSSR count). The number of carbonyl (C=O) groups is 3.